The van der Waals surface area contributed by atoms with Crippen LogP contribution in [0.4, 0.5) is 0 Å². The molecular weight excluding hydrogens is 356 g/mol. The molecule has 0 aliphatic carbocycles. The van der Waals surface area contributed by atoms with Crippen molar-refractivity contribution < 1.29 is 9.53 Å². The number of amides is 1. The molecule has 0 radical (unpaired) electrons. The molecule has 5 heteroatoms. The van der Waals surface area contributed by atoms with Crippen molar-refractivity contribution in [3.05, 3.63) is 64.6 Å². The Hall–Kier alpha value is -1.85. The number of likely N-dealkylation sites (N-methyl/N-ethyl adjacent to an activating group) is 1. The molecule has 0 aliphatic rings. The maximum absolute atomic E-state index is 12.6. The number of hydrogen-bond acceptors (Lipinski definition) is 3. The molecule has 0 bridgehead atoms. The summed E-state index contributed by atoms with van der Waals surface area (Å²) in [5, 5.41) is 0. The van der Waals surface area contributed by atoms with E-state index in [2.05, 4.69) is 15.9 Å². The molecule has 2 rings (SSSR count). The Balaban J connectivity index is 1.94. The lowest BCUT2D eigenvalue weighted by molar-refractivity contribution is -0.135. The van der Waals surface area contributed by atoms with Crippen LogP contribution in [0.1, 0.15) is 12.5 Å². The normalized spacial score (nSPS) is 13.2. The molecule has 2 N–H and O–H groups in total. The molecule has 23 heavy (non-hydrogen) atoms. The maximum Gasteiger partial charge on any atom is 0.246 e. The highest BCUT2D eigenvalue weighted by Crippen LogP contribution is 2.22. The van der Waals surface area contributed by atoms with Crippen LogP contribution in [0.2, 0.25) is 0 Å². The van der Waals surface area contributed by atoms with Gasteiger partial charge in [-0.3, -0.25) is 4.79 Å². The Kier molecular flexibility index (Phi) is 5.80. The topological polar surface area (TPSA) is 55.6 Å². The van der Waals surface area contributed by atoms with Gasteiger partial charge in [0.05, 0.1) is 6.54 Å². The molecule has 0 heterocycles. The molecule has 0 aliphatic heterocycles. The van der Waals surface area contributed by atoms with Gasteiger partial charge >= 0.3 is 0 Å². The minimum absolute atomic E-state index is 0.142. The van der Waals surface area contributed by atoms with Gasteiger partial charge in [-0.2, -0.15) is 0 Å². The van der Waals surface area contributed by atoms with Gasteiger partial charge in [0.2, 0.25) is 5.91 Å². The fraction of sp³-hybridized carbons (Fsp3) is 0.278. The summed E-state index contributed by atoms with van der Waals surface area (Å²) in [6.45, 7) is 2.62. The molecule has 4 nitrogen and oxygen atoms in total. The number of carbonyl (C=O) groups excluding carboxylic acids is 1. The predicted molar refractivity (Wildman–Crippen MR) is 95.3 cm³/mol. The zero-order chi connectivity index (χ0) is 16.9. The first-order chi connectivity index (χ1) is 10.9. The molecule has 0 saturated carbocycles. The average Bonchev–Trinajstić information content (AvgIpc) is 2.55. The Morgan fingerprint density at radius 3 is 2.39 bits per heavy atom. The molecule has 0 spiro atoms. The summed E-state index contributed by atoms with van der Waals surface area (Å²) in [5.41, 5.74) is 5.98. The van der Waals surface area contributed by atoms with Crippen LogP contribution >= 0.6 is 15.9 Å². The van der Waals surface area contributed by atoms with Crippen molar-refractivity contribution >= 4 is 21.8 Å². The molecule has 0 aromatic heterocycles. The van der Waals surface area contributed by atoms with Gasteiger partial charge in [-0.25, -0.2) is 0 Å². The first kappa shape index (κ1) is 17.5. The van der Waals surface area contributed by atoms with Gasteiger partial charge in [0, 0.05) is 11.5 Å². The van der Waals surface area contributed by atoms with Crippen LogP contribution in [-0.2, 0) is 10.3 Å². The van der Waals surface area contributed by atoms with E-state index in [0.717, 1.165) is 15.8 Å². The first-order valence-electron chi connectivity index (χ1n) is 7.39. The minimum atomic E-state index is -1.07. The fourth-order valence-electron chi connectivity index (χ4n) is 2.23. The van der Waals surface area contributed by atoms with E-state index in [1.165, 1.54) is 0 Å². The van der Waals surface area contributed by atoms with Crippen molar-refractivity contribution in [1.82, 2.24) is 4.90 Å². The van der Waals surface area contributed by atoms with E-state index >= 15 is 0 Å². The third-order valence-corrected chi connectivity index (χ3v) is 4.20. The van der Waals surface area contributed by atoms with Crippen LogP contribution in [0.5, 0.6) is 5.75 Å². The number of halogens is 1. The van der Waals surface area contributed by atoms with Crippen LogP contribution in [0, 0.1) is 0 Å². The summed E-state index contributed by atoms with van der Waals surface area (Å²) >= 11 is 3.38. The second-order valence-electron chi connectivity index (χ2n) is 5.60. The smallest absolute Gasteiger partial charge is 0.246 e. The lowest BCUT2D eigenvalue weighted by Gasteiger charge is -2.29. The number of ether oxygens (including phenoxy) is 1. The summed E-state index contributed by atoms with van der Waals surface area (Å²) in [6.07, 6.45) is 0. The van der Waals surface area contributed by atoms with E-state index in [0.29, 0.717) is 13.2 Å². The molecule has 122 valence electrons. The van der Waals surface area contributed by atoms with Gasteiger partial charge in [0.15, 0.2) is 0 Å². The van der Waals surface area contributed by atoms with Gasteiger partial charge in [-0.1, -0.05) is 46.3 Å². The number of benzene rings is 2. The van der Waals surface area contributed by atoms with Crippen LogP contribution in [0.25, 0.3) is 0 Å². The number of rotatable bonds is 6. The molecule has 1 amide bonds. The Morgan fingerprint density at radius 1 is 1.17 bits per heavy atom. The number of nitrogens with zero attached hydrogens (tertiary/aromatic N) is 1. The highest BCUT2D eigenvalue weighted by molar-refractivity contribution is 9.10. The number of hydrogen-bond donors (Lipinski definition) is 1. The van der Waals surface area contributed by atoms with E-state index in [4.69, 9.17) is 10.5 Å². The number of carbonyl (C=O) groups is 1. The lowest BCUT2D eigenvalue weighted by atomic mass is 9.92. The lowest BCUT2D eigenvalue weighted by Crippen LogP contribution is -2.50. The SMILES string of the molecule is CN(CCOc1ccccc1)C(=O)C(C)(N)c1ccc(Br)cc1. The molecule has 2 aromatic rings. The second-order valence-corrected chi connectivity index (χ2v) is 6.51. The number of para-hydroxylation sites is 1. The molecule has 0 fully saturated rings. The zero-order valence-electron chi connectivity index (χ0n) is 13.3. The van der Waals surface area contributed by atoms with E-state index in [1.54, 1.807) is 18.9 Å². The van der Waals surface area contributed by atoms with Crippen molar-refractivity contribution in [2.24, 2.45) is 5.73 Å². The van der Waals surface area contributed by atoms with E-state index in [1.807, 2.05) is 54.6 Å². The van der Waals surface area contributed by atoms with Crippen molar-refractivity contribution in [1.29, 1.82) is 0 Å². The quantitative estimate of drug-likeness (QED) is 0.842. The highest BCUT2D eigenvalue weighted by atomic mass is 79.9. The van der Waals surface area contributed by atoms with Crippen LogP contribution in [-0.4, -0.2) is 31.0 Å². The summed E-state index contributed by atoms with van der Waals surface area (Å²) in [6, 6.07) is 17.0. The Bertz CT molecular complexity index is 642. The van der Waals surface area contributed by atoms with Gasteiger partial charge in [0.1, 0.15) is 17.9 Å². The predicted octanol–water partition coefficient (Wildman–Crippen LogP) is 3.16. The Morgan fingerprint density at radius 2 is 1.78 bits per heavy atom. The third kappa shape index (κ3) is 4.56. The average molecular weight is 377 g/mol. The zero-order valence-corrected chi connectivity index (χ0v) is 14.9. The van der Waals surface area contributed by atoms with Crippen molar-refractivity contribution in [2.75, 3.05) is 20.2 Å². The summed E-state index contributed by atoms with van der Waals surface area (Å²) in [7, 11) is 1.74. The van der Waals surface area contributed by atoms with Crippen LogP contribution in [0.3, 0.4) is 0 Å². The van der Waals surface area contributed by atoms with Crippen molar-refractivity contribution in [3.63, 3.8) is 0 Å². The molecule has 1 unspecified atom stereocenters. The van der Waals surface area contributed by atoms with Gasteiger partial charge in [0.25, 0.3) is 0 Å². The van der Waals surface area contributed by atoms with Gasteiger partial charge in [-0.15, -0.1) is 0 Å². The third-order valence-electron chi connectivity index (χ3n) is 3.67. The first-order valence-corrected chi connectivity index (χ1v) is 8.19. The molecule has 0 saturated heterocycles. The minimum Gasteiger partial charge on any atom is -0.492 e. The van der Waals surface area contributed by atoms with Crippen molar-refractivity contribution in [3.8, 4) is 5.75 Å². The largest absolute Gasteiger partial charge is 0.492 e. The summed E-state index contributed by atoms with van der Waals surface area (Å²) in [5.74, 6) is 0.647. The molecule has 1 atom stereocenters. The number of nitrogens with two attached hydrogens (primary N) is 1. The highest BCUT2D eigenvalue weighted by Gasteiger charge is 2.32. The second kappa shape index (κ2) is 7.62. The van der Waals surface area contributed by atoms with E-state index in [9.17, 15) is 4.79 Å². The van der Waals surface area contributed by atoms with Crippen LogP contribution in [0.15, 0.2) is 59.1 Å². The monoisotopic (exact) mass is 376 g/mol. The van der Waals surface area contributed by atoms with E-state index in [-0.39, 0.29) is 5.91 Å². The van der Waals surface area contributed by atoms with Crippen LogP contribution < -0.4 is 10.5 Å². The standard InChI is InChI=1S/C18H21BrN2O2/c1-18(20,14-8-10-15(19)11-9-14)17(22)21(2)12-13-23-16-6-4-3-5-7-16/h3-11H,12-13,20H2,1-2H3. The maximum atomic E-state index is 12.6. The van der Waals surface area contributed by atoms with Gasteiger partial charge in [-0.05, 0) is 36.8 Å². The fourth-order valence-corrected chi connectivity index (χ4v) is 2.50. The van der Waals surface area contributed by atoms with Gasteiger partial charge < -0.3 is 15.4 Å². The molecule has 2 aromatic carbocycles. The molecular formula is C18H21BrN2O2. The Labute approximate surface area is 145 Å². The summed E-state index contributed by atoms with van der Waals surface area (Å²) in [4.78, 5) is 14.2. The van der Waals surface area contributed by atoms with E-state index < -0.39 is 5.54 Å². The summed E-state index contributed by atoms with van der Waals surface area (Å²) < 4.78 is 6.57. The van der Waals surface area contributed by atoms with Crippen molar-refractivity contribution in [2.45, 2.75) is 12.5 Å².